The highest BCUT2D eigenvalue weighted by molar-refractivity contribution is 5.77. The number of benzene rings is 1. The summed E-state index contributed by atoms with van der Waals surface area (Å²) in [6.45, 7) is 9.12. The van der Waals surface area contributed by atoms with E-state index in [1.54, 1.807) is 0 Å². The second-order valence-corrected chi connectivity index (χ2v) is 5.60. The fourth-order valence-corrected chi connectivity index (χ4v) is 2.82. The number of carboxylic acid groups (broad SMARTS) is 1. The van der Waals surface area contributed by atoms with Crippen molar-refractivity contribution in [2.24, 2.45) is 5.92 Å². The summed E-state index contributed by atoms with van der Waals surface area (Å²) in [4.78, 5) is 15.6. The van der Waals surface area contributed by atoms with E-state index >= 15 is 0 Å². The second-order valence-electron chi connectivity index (χ2n) is 5.60. The quantitative estimate of drug-likeness (QED) is 0.906. The lowest BCUT2D eigenvalue weighted by molar-refractivity contribution is -0.137. The number of rotatable bonds is 5. The van der Waals surface area contributed by atoms with Crippen LogP contribution in [0.25, 0.3) is 11.0 Å². The van der Waals surface area contributed by atoms with Crippen molar-refractivity contribution in [2.75, 3.05) is 0 Å². The lowest BCUT2D eigenvalue weighted by Crippen LogP contribution is -2.12. The standard InChI is InChI=1S/C16H22N2O2/c1-5-18-11(4)17-14-8-12(6-7-15(14)18)13(10(2)3)9-16(19)20/h6-8,10,13H,5,9H2,1-4H3,(H,19,20). The predicted octanol–water partition coefficient (Wildman–Crippen LogP) is 3.58. The monoisotopic (exact) mass is 274 g/mol. The number of imidazole rings is 1. The van der Waals surface area contributed by atoms with Gasteiger partial charge in [0.25, 0.3) is 0 Å². The molecule has 1 aromatic heterocycles. The van der Waals surface area contributed by atoms with Gasteiger partial charge in [-0.05, 0) is 43.4 Å². The highest BCUT2D eigenvalue weighted by atomic mass is 16.4. The van der Waals surface area contributed by atoms with Gasteiger partial charge in [0.05, 0.1) is 17.5 Å². The third kappa shape index (κ3) is 2.69. The van der Waals surface area contributed by atoms with Crippen molar-refractivity contribution in [3.63, 3.8) is 0 Å². The second kappa shape index (κ2) is 5.65. The average Bonchev–Trinajstić information content (AvgIpc) is 2.69. The summed E-state index contributed by atoms with van der Waals surface area (Å²) >= 11 is 0. The van der Waals surface area contributed by atoms with Crippen LogP contribution in [0.3, 0.4) is 0 Å². The zero-order valence-electron chi connectivity index (χ0n) is 12.6. The lowest BCUT2D eigenvalue weighted by Gasteiger charge is -2.19. The first-order valence-corrected chi connectivity index (χ1v) is 7.12. The van der Waals surface area contributed by atoms with Gasteiger partial charge in [0, 0.05) is 6.54 Å². The smallest absolute Gasteiger partial charge is 0.303 e. The Morgan fingerprint density at radius 3 is 2.65 bits per heavy atom. The van der Waals surface area contributed by atoms with E-state index in [1.807, 2.05) is 19.1 Å². The van der Waals surface area contributed by atoms with E-state index in [0.29, 0.717) is 0 Å². The van der Waals surface area contributed by atoms with E-state index in [4.69, 9.17) is 5.11 Å². The third-order valence-electron chi connectivity index (χ3n) is 3.91. The van der Waals surface area contributed by atoms with Crippen molar-refractivity contribution in [3.05, 3.63) is 29.6 Å². The molecule has 20 heavy (non-hydrogen) atoms. The molecule has 0 bridgehead atoms. The van der Waals surface area contributed by atoms with Gasteiger partial charge in [0.1, 0.15) is 5.82 Å². The predicted molar refractivity (Wildman–Crippen MR) is 80.0 cm³/mol. The molecule has 4 nitrogen and oxygen atoms in total. The number of carbonyl (C=O) groups is 1. The lowest BCUT2D eigenvalue weighted by atomic mass is 9.85. The molecule has 1 aromatic carbocycles. The van der Waals surface area contributed by atoms with Gasteiger partial charge in [-0.2, -0.15) is 0 Å². The number of hydrogen-bond acceptors (Lipinski definition) is 2. The molecular formula is C16H22N2O2. The Morgan fingerprint density at radius 2 is 2.10 bits per heavy atom. The highest BCUT2D eigenvalue weighted by Gasteiger charge is 2.20. The summed E-state index contributed by atoms with van der Waals surface area (Å²) in [5.41, 5.74) is 3.14. The number of aliphatic carboxylic acids is 1. The molecule has 1 N–H and O–H groups in total. The van der Waals surface area contributed by atoms with Gasteiger partial charge >= 0.3 is 5.97 Å². The minimum atomic E-state index is -0.751. The molecule has 0 amide bonds. The Bertz CT molecular complexity index is 629. The first-order chi connectivity index (χ1) is 9.43. The summed E-state index contributed by atoms with van der Waals surface area (Å²) in [7, 11) is 0. The molecule has 0 aliphatic heterocycles. The molecule has 1 heterocycles. The van der Waals surface area contributed by atoms with Crippen LogP contribution in [-0.4, -0.2) is 20.6 Å². The van der Waals surface area contributed by atoms with Crippen LogP contribution in [0.15, 0.2) is 18.2 Å². The number of carboxylic acids is 1. The summed E-state index contributed by atoms with van der Waals surface area (Å²) in [5.74, 6) is 0.569. The van der Waals surface area contributed by atoms with Crippen molar-refractivity contribution < 1.29 is 9.90 Å². The van der Waals surface area contributed by atoms with Gasteiger partial charge < -0.3 is 9.67 Å². The maximum absolute atomic E-state index is 11.0. The van der Waals surface area contributed by atoms with Gasteiger partial charge in [-0.15, -0.1) is 0 Å². The molecule has 0 aliphatic carbocycles. The Hall–Kier alpha value is -1.84. The fourth-order valence-electron chi connectivity index (χ4n) is 2.82. The molecule has 2 aromatic rings. The molecule has 0 spiro atoms. The number of nitrogens with zero attached hydrogens (tertiary/aromatic N) is 2. The van der Waals surface area contributed by atoms with Gasteiger partial charge in [-0.1, -0.05) is 19.9 Å². The van der Waals surface area contributed by atoms with Gasteiger partial charge in [-0.3, -0.25) is 4.79 Å². The largest absolute Gasteiger partial charge is 0.481 e. The number of fused-ring (bicyclic) bond motifs is 1. The number of aromatic nitrogens is 2. The molecule has 0 saturated carbocycles. The molecule has 0 saturated heterocycles. The minimum absolute atomic E-state index is 0.0315. The number of hydrogen-bond donors (Lipinski definition) is 1. The van der Waals surface area contributed by atoms with Crippen LogP contribution < -0.4 is 0 Å². The van der Waals surface area contributed by atoms with Crippen LogP contribution in [0.1, 0.15) is 44.5 Å². The maximum Gasteiger partial charge on any atom is 0.303 e. The van der Waals surface area contributed by atoms with E-state index in [0.717, 1.165) is 29.0 Å². The molecule has 108 valence electrons. The molecule has 0 fully saturated rings. The van der Waals surface area contributed by atoms with Crippen LogP contribution in [0.5, 0.6) is 0 Å². The molecule has 0 aliphatic rings. The fraction of sp³-hybridized carbons (Fsp3) is 0.500. The van der Waals surface area contributed by atoms with Crippen LogP contribution >= 0.6 is 0 Å². The summed E-state index contributed by atoms with van der Waals surface area (Å²) < 4.78 is 2.17. The summed E-state index contributed by atoms with van der Waals surface area (Å²) in [5, 5.41) is 9.07. The summed E-state index contributed by atoms with van der Waals surface area (Å²) in [6, 6.07) is 6.15. The normalized spacial score (nSPS) is 13.1. The van der Waals surface area contributed by atoms with Gasteiger partial charge in [0.15, 0.2) is 0 Å². The van der Waals surface area contributed by atoms with Crippen molar-refractivity contribution >= 4 is 17.0 Å². The Balaban J connectivity index is 2.47. The Labute approximate surface area is 119 Å². The Morgan fingerprint density at radius 1 is 1.40 bits per heavy atom. The molecule has 1 atom stereocenters. The van der Waals surface area contributed by atoms with Gasteiger partial charge in [0.2, 0.25) is 0 Å². The average molecular weight is 274 g/mol. The molecule has 0 radical (unpaired) electrons. The van der Waals surface area contributed by atoms with Crippen LogP contribution in [-0.2, 0) is 11.3 Å². The zero-order chi connectivity index (χ0) is 14.9. The van der Waals surface area contributed by atoms with Crippen LogP contribution in [0.4, 0.5) is 0 Å². The Kier molecular flexibility index (Phi) is 4.12. The van der Waals surface area contributed by atoms with Crippen LogP contribution in [0, 0.1) is 12.8 Å². The molecular weight excluding hydrogens is 252 g/mol. The molecule has 4 heteroatoms. The van der Waals surface area contributed by atoms with Gasteiger partial charge in [-0.25, -0.2) is 4.98 Å². The highest BCUT2D eigenvalue weighted by Crippen LogP contribution is 2.30. The topological polar surface area (TPSA) is 55.1 Å². The third-order valence-corrected chi connectivity index (χ3v) is 3.91. The van der Waals surface area contributed by atoms with E-state index < -0.39 is 5.97 Å². The van der Waals surface area contributed by atoms with Crippen molar-refractivity contribution in [1.82, 2.24) is 9.55 Å². The zero-order valence-corrected chi connectivity index (χ0v) is 12.6. The minimum Gasteiger partial charge on any atom is -0.481 e. The first-order valence-electron chi connectivity index (χ1n) is 7.12. The maximum atomic E-state index is 11.0. The molecule has 2 rings (SSSR count). The first kappa shape index (κ1) is 14.6. The van der Waals surface area contributed by atoms with Crippen molar-refractivity contribution in [1.29, 1.82) is 0 Å². The van der Waals surface area contributed by atoms with Crippen molar-refractivity contribution in [3.8, 4) is 0 Å². The van der Waals surface area contributed by atoms with E-state index in [9.17, 15) is 4.79 Å². The number of aryl methyl sites for hydroxylation is 2. The van der Waals surface area contributed by atoms with E-state index in [2.05, 4.69) is 36.4 Å². The SMILES string of the molecule is CCn1c(C)nc2cc(C(CC(=O)O)C(C)C)ccc21. The van der Waals surface area contributed by atoms with Crippen LogP contribution in [0.2, 0.25) is 0 Å². The molecule has 1 unspecified atom stereocenters. The van der Waals surface area contributed by atoms with Crippen molar-refractivity contribution in [2.45, 2.75) is 46.6 Å². The summed E-state index contributed by atoms with van der Waals surface area (Å²) in [6.07, 6.45) is 0.163. The van der Waals surface area contributed by atoms with E-state index in [-0.39, 0.29) is 18.3 Å². The van der Waals surface area contributed by atoms with E-state index in [1.165, 1.54) is 0 Å².